The van der Waals surface area contributed by atoms with Gasteiger partial charge in [-0.25, -0.2) is 4.98 Å². The van der Waals surface area contributed by atoms with Crippen molar-refractivity contribution in [1.29, 1.82) is 0 Å². The number of hydrogen-bond donors (Lipinski definition) is 1. The summed E-state index contributed by atoms with van der Waals surface area (Å²) in [4.78, 5) is 7.04. The van der Waals surface area contributed by atoms with Gasteiger partial charge in [-0.1, -0.05) is 18.2 Å². The molecule has 0 saturated heterocycles. The highest BCUT2D eigenvalue weighted by molar-refractivity contribution is 7.13. The fourth-order valence-corrected chi connectivity index (χ4v) is 3.80. The maximum absolute atomic E-state index is 10.2. The largest absolute Gasteiger partial charge is 0.388 e. The first-order valence-electron chi connectivity index (χ1n) is 7.66. The van der Waals surface area contributed by atoms with E-state index in [4.69, 9.17) is 4.98 Å². The van der Waals surface area contributed by atoms with Gasteiger partial charge in [0.2, 0.25) is 0 Å². The number of aliphatic hydroxyl groups is 1. The van der Waals surface area contributed by atoms with E-state index in [2.05, 4.69) is 21.4 Å². The Bertz CT molecular complexity index is 825. The molecule has 1 aliphatic heterocycles. The van der Waals surface area contributed by atoms with Gasteiger partial charge >= 0.3 is 0 Å². The maximum atomic E-state index is 10.2. The Morgan fingerprint density at radius 2 is 2.22 bits per heavy atom. The molecule has 2 aromatic heterocycles. The zero-order valence-corrected chi connectivity index (χ0v) is 13.7. The molecule has 0 saturated carbocycles. The Morgan fingerprint density at radius 3 is 3.04 bits per heavy atom. The van der Waals surface area contributed by atoms with Crippen LogP contribution in [-0.4, -0.2) is 26.4 Å². The van der Waals surface area contributed by atoms with Crippen LogP contribution in [0.4, 0.5) is 5.69 Å². The molecule has 3 heterocycles. The Balaban J connectivity index is 1.57. The molecule has 0 aliphatic carbocycles. The van der Waals surface area contributed by atoms with E-state index in [1.807, 2.05) is 37.6 Å². The van der Waals surface area contributed by atoms with Crippen molar-refractivity contribution in [2.45, 2.75) is 19.1 Å². The van der Waals surface area contributed by atoms with Gasteiger partial charge < -0.3 is 10.0 Å². The van der Waals surface area contributed by atoms with E-state index in [1.54, 1.807) is 16.0 Å². The third-order valence-electron chi connectivity index (χ3n) is 4.17. The van der Waals surface area contributed by atoms with E-state index in [-0.39, 0.29) is 6.10 Å². The molecular weight excluding hydrogens is 308 g/mol. The Hall–Kier alpha value is -2.18. The normalized spacial score (nSPS) is 17.3. The van der Waals surface area contributed by atoms with Crippen molar-refractivity contribution in [2.75, 3.05) is 11.4 Å². The van der Waals surface area contributed by atoms with E-state index in [9.17, 15) is 5.11 Å². The number of para-hydroxylation sites is 1. The van der Waals surface area contributed by atoms with Gasteiger partial charge in [0.05, 0.1) is 24.5 Å². The van der Waals surface area contributed by atoms with Crippen LogP contribution >= 0.6 is 11.3 Å². The van der Waals surface area contributed by atoms with Crippen molar-refractivity contribution < 1.29 is 5.11 Å². The summed E-state index contributed by atoms with van der Waals surface area (Å²) in [6.07, 6.45) is 4.23. The van der Waals surface area contributed by atoms with Crippen molar-refractivity contribution in [2.24, 2.45) is 7.05 Å². The van der Waals surface area contributed by atoms with Gasteiger partial charge in [0.1, 0.15) is 5.01 Å². The number of aliphatic hydroxyl groups excluding tert-OH is 1. The van der Waals surface area contributed by atoms with Crippen LogP contribution in [0, 0.1) is 0 Å². The number of anilines is 1. The highest BCUT2D eigenvalue weighted by Crippen LogP contribution is 2.34. The molecule has 3 aromatic rings. The lowest BCUT2D eigenvalue weighted by molar-refractivity contribution is 0.164. The van der Waals surface area contributed by atoms with Gasteiger partial charge in [0.15, 0.2) is 0 Å². The van der Waals surface area contributed by atoms with Gasteiger partial charge in [-0.15, -0.1) is 11.3 Å². The summed E-state index contributed by atoms with van der Waals surface area (Å²) in [5.74, 6) is 0. The second kappa shape index (κ2) is 5.79. The van der Waals surface area contributed by atoms with E-state index in [0.29, 0.717) is 0 Å². The molecule has 4 rings (SSSR count). The number of aromatic nitrogens is 3. The number of fused-ring (bicyclic) bond motifs is 1. The van der Waals surface area contributed by atoms with Crippen LogP contribution in [0.15, 0.2) is 42.0 Å². The smallest absolute Gasteiger partial charge is 0.126 e. The number of thiazole rings is 1. The molecule has 6 heteroatoms. The van der Waals surface area contributed by atoms with E-state index < -0.39 is 0 Å². The van der Waals surface area contributed by atoms with Crippen molar-refractivity contribution in [3.8, 4) is 10.6 Å². The van der Waals surface area contributed by atoms with Crippen LogP contribution in [-0.2, 0) is 13.6 Å². The SMILES string of the molecule is Cn1cc(-c2nc(CN3CCC(O)c4ccccc43)cs2)cn1. The Labute approximate surface area is 138 Å². The van der Waals surface area contributed by atoms with E-state index in [0.717, 1.165) is 47.0 Å². The molecule has 0 spiro atoms. The summed E-state index contributed by atoms with van der Waals surface area (Å²) >= 11 is 1.65. The van der Waals surface area contributed by atoms with Crippen LogP contribution in [0.1, 0.15) is 23.8 Å². The van der Waals surface area contributed by atoms with Crippen LogP contribution in [0.2, 0.25) is 0 Å². The van der Waals surface area contributed by atoms with Crippen LogP contribution in [0.5, 0.6) is 0 Å². The predicted octanol–water partition coefficient (Wildman–Crippen LogP) is 2.99. The third-order valence-corrected chi connectivity index (χ3v) is 5.11. The van der Waals surface area contributed by atoms with Gasteiger partial charge in [0, 0.05) is 42.0 Å². The number of hydrogen-bond acceptors (Lipinski definition) is 5. The van der Waals surface area contributed by atoms with E-state index >= 15 is 0 Å². The highest BCUT2D eigenvalue weighted by atomic mass is 32.1. The maximum Gasteiger partial charge on any atom is 0.126 e. The van der Waals surface area contributed by atoms with Gasteiger partial charge in [-0.05, 0) is 12.5 Å². The third kappa shape index (κ3) is 2.75. The molecule has 0 bridgehead atoms. The molecule has 0 radical (unpaired) electrons. The zero-order valence-electron chi connectivity index (χ0n) is 12.9. The second-order valence-electron chi connectivity index (χ2n) is 5.83. The molecular formula is C17H18N4OS. The summed E-state index contributed by atoms with van der Waals surface area (Å²) in [6, 6.07) is 8.08. The van der Waals surface area contributed by atoms with Crippen molar-refractivity contribution in [3.05, 3.63) is 53.3 Å². The fourth-order valence-electron chi connectivity index (χ4n) is 3.01. The summed E-state index contributed by atoms with van der Waals surface area (Å²) in [5, 5.41) is 17.5. The lowest BCUT2D eigenvalue weighted by atomic mass is 9.99. The molecule has 0 amide bonds. The van der Waals surface area contributed by atoms with Crippen molar-refractivity contribution in [3.63, 3.8) is 0 Å². The summed E-state index contributed by atoms with van der Waals surface area (Å²) < 4.78 is 1.79. The number of benzene rings is 1. The minimum Gasteiger partial charge on any atom is -0.388 e. The molecule has 1 N–H and O–H groups in total. The standard InChI is InChI=1S/C17H18N4OS/c1-20-9-12(8-18-20)17-19-13(11-23-17)10-21-7-6-16(22)14-4-2-3-5-15(14)21/h2-5,8-9,11,16,22H,6-7,10H2,1H3. The first kappa shape index (κ1) is 14.4. The Kier molecular flexibility index (Phi) is 3.63. The lowest BCUT2D eigenvalue weighted by Gasteiger charge is -2.33. The average Bonchev–Trinajstić information content (AvgIpc) is 3.19. The summed E-state index contributed by atoms with van der Waals surface area (Å²) in [7, 11) is 1.91. The predicted molar refractivity (Wildman–Crippen MR) is 91.4 cm³/mol. The van der Waals surface area contributed by atoms with Gasteiger partial charge in [-0.3, -0.25) is 4.68 Å². The first-order valence-corrected chi connectivity index (χ1v) is 8.54. The van der Waals surface area contributed by atoms with Crippen molar-refractivity contribution in [1.82, 2.24) is 14.8 Å². The minimum absolute atomic E-state index is 0.358. The molecule has 1 aromatic carbocycles. The van der Waals surface area contributed by atoms with Crippen LogP contribution in [0.25, 0.3) is 10.6 Å². The molecule has 5 nitrogen and oxygen atoms in total. The zero-order chi connectivity index (χ0) is 15.8. The second-order valence-corrected chi connectivity index (χ2v) is 6.69. The van der Waals surface area contributed by atoms with Gasteiger partial charge in [-0.2, -0.15) is 5.10 Å². The molecule has 1 atom stereocenters. The van der Waals surface area contributed by atoms with Crippen LogP contribution in [0.3, 0.4) is 0 Å². The van der Waals surface area contributed by atoms with Crippen molar-refractivity contribution >= 4 is 17.0 Å². The average molecular weight is 326 g/mol. The lowest BCUT2D eigenvalue weighted by Crippen LogP contribution is -2.30. The highest BCUT2D eigenvalue weighted by Gasteiger charge is 2.23. The topological polar surface area (TPSA) is 54.2 Å². The van der Waals surface area contributed by atoms with Gasteiger partial charge in [0.25, 0.3) is 0 Å². The minimum atomic E-state index is -0.358. The molecule has 1 aliphatic rings. The quantitative estimate of drug-likeness (QED) is 0.804. The fraction of sp³-hybridized carbons (Fsp3) is 0.294. The molecule has 1 unspecified atom stereocenters. The number of nitrogens with zero attached hydrogens (tertiary/aromatic N) is 4. The molecule has 23 heavy (non-hydrogen) atoms. The Morgan fingerprint density at radius 1 is 1.35 bits per heavy atom. The molecule has 118 valence electrons. The summed E-state index contributed by atoms with van der Waals surface area (Å²) in [6.45, 7) is 1.61. The summed E-state index contributed by atoms with van der Waals surface area (Å²) in [5.41, 5.74) is 4.24. The number of aryl methyl sites for hydroxylation is 1. The first-order chi connectivity index (χ1) is 11.2. The molecule has 0 fully saturated rings. The number of rotatable bonds is 3. The monoisotopic (exact) mass is 326 g/mol. The van der Waals surface area contributed by atoms with Crippen LogP contribution < -0.4 is 4.90 Å². The van der Waals surface area contributed by atoms with E-state index in [1.165, 1.54) is 0 Å².